The van der Waals surface area contributed by atoms with Crippen LogP contribution in [0.1, 0.15) is 65.5 Å². The van der Waals surface area contributed by atoms with Gasteiger partial charge < -0.3 is 24.1 Å². The molecule has 2 spiro atoms. The Morgan fingerprint density at radius 1 is 1.09 bits per heavy atom. The molecule has 178 valence electrons. The molecule has 2 saturated heterocycles. The highest BCUT2D eigenvalue weighted by atomic mass is 16.7. The van der Waals surface area contributed by atoms with E-state index in [-0.39, 0.29) is 12.2 Å². The van der Waals surface area contributed by atoms with E-state index in [2.05, 4.69) is 6.92 Å². The minimum Gasteiger partial charge on any atom is -0.472 e. The number of ether oxygens (including phenoxy) is 2. The van der Waals surface area contributed by atoms with Gasteiger partial charge in [-0.05, 0) is 44.2 Å². The second-order valence-electron chi connectivity index (χ2n) is 12.1. The summed E-state index contributed by atoms with van der Waals surface area (Å²) in [5.41, 5.74) is -4.82. The molecule has 9 unspecified atom stereocenters. The molecule has 9 atom stereocenters. The number of cyclic esters (lactones) is 1. The highest BCUT2D eigenvalue weighted by Gasteiger charge is 2.89. The van der Waals surface area contributed by atoms with E-state index in [4.69, 9.17) is 13.9 Å². The van der Waals surface area contributed by atoms with E-state index in [1.54, 1.807) is 31.6 Å². The van der Waals surface area contributed by atoms with E-state index in [9.17, 15) is 19.8 Å². The molecule has 3 aliphatic carbocycles. The van der Waals surface area contributed by atoms with Crippen molar-refractivity contribution in [2.75, 3.05) is 0 Å². The summed E-state index contributed by atoms with van der Waals surface area (Å²) in [5, 5.41) is 24.2. The van der Waals surface area contributed by atoms with Crippen LogP contribution in [0.4, 0.5) is 0 Å². The average Bonchev–Trinajstić information content (AvgIpc) is 3.22. The van der Waals surface area contributed by atoms with E-state index < -0.39 is 63.1 Å². The van der Waals surface area contributed by atoms with Crippen molar-refractivity contribution < 1.29 is 33.7 Å². The first kappa shape index (κ1) is 21.6. The van der Waals surface area contributed by atoms with Crippen molar-refractivity contribution in [3.05, 3.63) is 36.3 Å². The van der Waals surface area contributed by atoms with Crippen LogP contribution in [0.5, 0.6) is 0 Å². The highest BCUT2D eigenvalue weighted by molar-refractivity contribution is 5.98. The van der Waals surface area contributed by atoms with Gasteiger partial charge in [-0.25, -0.2) is 4.79 Å². The molecule has 6 rings (SSSR count). The molecular weight excluding hydrogens is 424 g/mol. The van der Waals surface area contributed by atoms with Crippen molar-refractivity contribution >= 4 is 11.8 Å². The quantitative estimate of drug-likeness (QED) is 0.494. The van der Waals surface area contributed by atoms with Gasteiger partial charge in [-0.1, -0.05) is 33.8 Å². The lowest BCUT2D eigenvalue weighted by Crippen LogP contribution is -2.76. The van der Waals surface area contributed by atoms with Crippen molar-refractivity contribution in [1.82, 2.24) is 0 Å². The molecule has 2 N–H and O–H groups in total. The molecule has 7 heteroatoms. The molecule has 2 aliphatic heterocycles. The predicted molar refractivity (Wildman–Crippen MR) is 116 cm³/mol. The van der Waals surface area contributed by atoms with Gasteiger partial charge in [-0.2, -0.15) is 0 Å². The van der Waals surface area contributed by atoms with Crippen LogP contribution in [0, 0.1) is 27.6 Å². The number of fused-ring (bicyclic) bond motifs is 1. The highest BCUT2D eigenvalue weighted by Crippen LogP contribution is 2.79. The number of furan rings is 1. The topological polar surface area (TPSA) is 110 Å². The fourth-order valence-corrected chi connectivity index (χ4v) is 8.87. The van der Waals surface area contributed by atoms with Gasteiger partial charge in [0.1, 0.15) is 11.7 Å². The van der Waals surface area contributed by atoms with E-state index in [0.717, 1.165) is 5.56 Å². The van der Waals surface area contributed by atoms with Gasteiger partial charge in [-0.3, -0.25) is 4.79 Å². The summed E-state index contributed by atoms with van der Waals surface area (Å²) in [6, 6.07) is 1.80. The minimum absolute atomic E-state index is 0.0424. The van der Waals surface area contributed by atoms with Crippen LogP contribution in [0.3, 0.4) is 0 Å². The molecule has 0 bridgehead atoms. The standard InChI is InChI=1S/C26H32O7/c1-21(2)16(27)7-10-25(21)12-17(28)23(4)15(24(25,5)30)6-9-22(3)18(14-8-11-31-13-14)32-20(29)19-26(22,23)33-19/h7-8,10-11,13,15,17-19,28,30H,6,9,12H2,1-5H3. The maximum atomic E-state index is 13.0. The Bertz CT molecular complexity index is 1090. The third kappa shape index (κ3) is 1.99. The van der Waals surface area contributed by atoms with Crippen LogP contribution < -0.4 is 0 Å². The van der Waals surface area contributed by atoms with Gasteiger partial charge in [0.2, 0.25) is 0 Å². The molecule has 3 heterocycles. The number of hydrogen-bond donors (Lipinski definition) is 2. The molecule has 0 radical (unpaired) electrons. The average molecular weight is 457 g/mol. The Morgan fingerprint density at radius 3 is 2.42 bits per heavy atom. The molecular formula is C26H32O7. The lowest BCUT2D eigenvalue weighted by atomic mass is 9.36. The zero-order chi connectivity index (χ0) is 23.8. The van der Waals surface area contributed by atoms with Gasteiger partial charge in [0.05, 0.1) is 24.2 Å². The fraction of sp³-hybridized carbons (Fsp3) is 0.692. The van der Waals surface area contributed by atoms with Crippen molar-refractivity contribution in [3.63, 3.8) is 0 Å². The van der Waals surface area contributed by atoms with Crippen LogP contribution in [0.2, 0.25) is 0 Å². The second kappa shape index (κ2) is 5.81. The van der Waals surface area contributed by atoms with E-state index >= 15 is 0 Å². The minimum atomic E-state index is -1.30. The maximum Gasteiger partial charge on any atom is 0.339 e. The lowest BCUT2D eigenvalue weighted by molar-refractivity contribution is -0.288. The monoisotopic (exact) mass is 456 g/mol. The smallest absolute Gasteiger partial charge is 0.339 e. The van der Waals surface area contributed by atoms with Crippen LogP contribution in [0.25, 0.3) is 0 Å². The third-order valence-electron chi connectivity index (χ3n) is 10.9. The number of ketones is 1. The summed E-state index contributed by atoms with van der Waals surface area (Å²) in [5.74, 6) is -0.874. The first-order chi connectivity index (χ1) is 15.3. The Labute approximate surface area is 193 Å². The molecule has 0 aromatic carbocycles. The van der Waals surface area contributed by atoms with Crippen molar-refractivity contribution in [3.8, 4) is 0 Å². The summed E-state index contributed by atoms with van der Waals surface area (Å²) < 4.78 is 17.5. The summed E-state index contributed by atoms with van der Waals surface area (Å²) in [7, 11) is 0. The van der Waals surface area contributed by atoms with Gasteiger partial charge in [0, 0.05) is 27.2 Å². The molecule has 7 nitrogen and oxygen atoms in total. The Balaban J connectivity index is 1.52. The summed E-state index contributed by atoms with van der Waals surface area (Å²) in [6.45, 7) is 9.53. The van der Waals surface area contributed by atoms with Gasteiger partial charge in [-0.15, -0.1) is 0 Å². The number of allylic oxidation sites excluding steroid dienone is 1. The molecule has 1 aromatic heterocycles. The number of epoxide rings is 1. The van der Waals surface area contributed by atoms with Crippen LogP contribution >= 0.6 is 0 Å². The maximum absolute atomic E-state index is 13.0. The zero-order valence-electron chi connectivity index (χ0n) is 19.8. The van der Waals surface area contributed by atoms with Crippen molar-refractivity contribution in [2.45, 2.75) is 83.4 Å². The summed E-state index contributed by atoms with van der Waals surface area (Å²) in [4.78, 5) is 25.8. The molecule has 4 fully saturated rings. The van der Waals surface area contributed by atoms with Crippen LogP contribution in [-0.2, 0) is 19.1 Å². The third-order valence-corrected chi connectivity index (χ3v) is 10.9. The molecule has 33 heavy (non-hydrogen) atoms. The molecule has 0 amide bonds. The molecule has 2 saturated carbocycles. The lowest BCUT2D eigenvalue weighted by Gasteiger charge is -2.69. The fourth-order valence-electron chi connectivity index (χ4n) is 8.87. The molecule has 1 aromatic rings. The predicted octanol–water partition coefficient (Wildman–Crippen LogP) is 3.10. The molecule has 5 aliphatic rings. The van der Waals surface area contributed by atoms with E-state index in [1.807, 2.05) is 26.8 Å². The van der Waals surface area contributed by atoms with Gasteiger partial charge in [0.15, 0.2) is 11.9 Å². The largest absolute Gasteiger partial charge is 0.472 e. The number of aliphatic hydroxyl groups excluding tert-OH is 1. The van der Waals surface area contributed by atoms with Crippen LogP contribution in [0.15, 0.2) is 35.2 Å². The van der Waals surface area contributed by atoms with E-state index in [0.29, 0.717) is 12.8 Å². The van der Waals surface area contributed by atoms with Crippen molar-refractivity contribution in [1.29, 1.82) is 0 Å². The van der Waals surface area contributed by atoms with E-state index in [1.165, 1.54) is 0 Å². The van der Waals surface area contributed by atoms with Crippen molar-refractivity contribution in [2.24, 2.45) is 27.6 Å². The first-order valence-corrected chi connectivity index (χ1v) is 11.9. The number of hydrogen-bond acceptors (Lipinski definition) is 7. The Morgan fingerprint density at radius 2 is 1.82 bits per heavy atom. The number of rotatable bonds is 1. The second-order valence-corrected chi connectivity index (χ2v) is 12.1. The van der Waals surface area contributed by atoms with Gasteiger partial charge in [0.25, 0.3) is 0 Å². The van der Waals surface area contributed by atoms with Crippen LogP contribution in [-0.4, -0.2) is 45.4 Å². The SMILES string of the molecule is CC1(C)C(=O)C=CC12CC(O)C1(C)C(CCC3(C)C(c4ccoc4)OC(=O)C4OC431)C2(C)O. The summed E-state index contributed by atoms with van der Waals surface area (Å²) in [6.07, 6.45) is 5.71. The number of carbonyl (C=O) groups is 2. The summed E-state index contributed by atoms with van der Waals surface area (Å²) >= 11 is 0. The van der Waals surface area contributed by atoms with Gasteiger partial charge >= 0.3 is 5.97 Å². The first-order valence-electron chi connectivity index (χ1n) is 11.9. The Hall–Kier alpha value is -1.96. The number of carbonyl (C=O) groups excluding carboxylic acids is 2. The zero-order valence-corrected chi connectivity index (χ0v) is 19.8. The number of esters is 1. The number of aliphatic hydroxyl groups is 2. The normalized spacial score (nSPS) is 53.9. The Kier molecular flexibility index (Phi) is 3.80.